The first-order chi connectivity index (χ1) is 10.3. The SMILES string of the molecule is CC1CC(=O)N(C)C2=NN(C)C(=O)C21.O=C=NCC(=O)C=O. The van der Waals surface area contributed by atoms with Gasteiger partial charge in [0.2, 0.25) is 17.8 Å². The number of carbonyl (C=O) groups excluding carboxylic acids is 5. The van der Waals surface area contributed by atoms with Crippen LogP contribution in [-0.4, -0.2) is 66.3 Å². The number of likely N-dealkylation sites (tertiary alicyclic amines) is 1. The van der Waals surface area contributed by atoms with E-state index in [-0.39, 0.29) is 36.5 Å². The fourth-order valence-corrected chi connectivity index (χ4v) is 2.16. The Kier molecular flexibility index (Phi) is 5.82. The predicted octanol–water partition coefficient (Wildman–Crippen LogP) is -1.02. The number of amides is 2. The zero-order valence-corrected chi connectivity index (χ0v) is 12.5. The van der Waals surface area contributed by atoms with E-state index < -0.39 is 5.78 Å². The molecule has 2 heterocycles. The van der Waals surface area contributed by atoms with Crippen molar-refractivity contribution >= 4 is 35.8 Å². The van der Waals surface area contributed by atoms with Crippen LogP contribution >= 0.6 is 0 Å². The van der Waals surface area contributed by atoms with Crippen LogP contribution in [0.2, 0.25) is 0 Å². The van der Waals surface area contributed by atoms with Crippen molar-refractivity contribution in [3.05, 3.63) is 0 Å². The zero-order chi connectivity index (χ0) is 16.9. The van der Waals surface area contributed by atoms with E-state index in [1.807, 2.05) is 6.92 Å². The van der Waals surface area contributed by atoms with Crippen molar-refractivity contribution in [1.82, 2.24) is 9.91 Å². The predicted molar refractivity (Wildman–Crippen MR) is 74.3 cm³/mol. The van der Waals surface area contributed by atoms with Crippen molar-refractivity contribution in [2.24, 2.45) is 21.9 Å². The van der Waals surface area contributed by atoms with E-state index >= 15 is 0 Å². The molecule has 0 aromatic carbocycles. The molecule has 0 aromatic heterocycles. The minimum Gasteiger partial charge on any atom is -0.301 e. The smallest absolute Gasteiger partial charge is 0.253 e. The molecule has 2 unspecified atom stereocenters. The number of aldehydes is 1. The summed E-state index contributed by atoms with van der Waals surface area (Å²) < 4.78 is 0. The number of hydrazone groups is 1. The maximum atomic E-state index is 11.7. The molecule has 0 saturated carbocycles. The first-order valence-corrected chi connectivity index (χ1v) is 6.47. The van der Waals surface area contributed by atoms with Crippen LogP contribution in [-0.2, 0) is 24.0 Å². The fourth-order valence-electron chi connectivity index (χ4n) is 2.16. The minimum atomic E-state index is -0.714. The number of hydrogen-bond acceptors (Lipinski definition) is 7. The lowest BCUT2D eigenvalue weighted by Crippen LogP contribution is -2.47. The van der Waals surface area contributed by atoms with E-state index in [0.717, 1.165) is 6.08 Å². The van der Waals surface area contributed by atoms with Gasteiger partial charge in [0.15, 0.2) is 6.29 Å². The molecule has 2 rings (SSSR count). The van der Waals surface area contributed by atoms with Crippen LogP contribution in [0.15, 0.2) is 10.1 Å². The Hall–Kier alpha value is -2.67. The molecule has 9 nitrogen and oxygen atoms in total. The van der Waals surface area contributed by atoms with Crippen molar-refractivity contribution in [2.45, 2.75) is 13.3 Å². The summed E-state index contributed by atoms with van der Waals surface area (Å²) in [6, 6.07) is 0. The summed E-state index contributed by atoms with van der Waals surface area (Å²) in [7, 11) is 3.30. The molecule has 2 aliphatic heterocycles. The molecule has 0 bridgehead atoms. The maximum absolute atomic E-state index is 11.7. The van der Waals surface area contributed by atoms with Crippen molar-refractivity contribution in [3.63, 3.8) is 0 Å². The second-order valence-electron chi connectivity index (χ2n) is 4.92. The van der Waals surface area contributed by atoms with Crippen LogP contribution in [0.25, 0.3) is 0 Å². The minimum absolute atomic E-state index is 0.00755. The average molecular weight is 308 g/mol. The van der Waals surface area contributed by atoms with Gasteiger partial charge in [-0.2, -0.15) is 10.1 Å². The number of Topliss-reactive ketones (excluding diaryl/α,β-unsaturated/α-hetero) is 1. The van der Waals surface area contributed by atoms with E-state index in [9.17, 15) is 24.0 Å². The monoisotopic (exact) mass is 308 g/mol. The summed E-state index contributed by atoms with van der Waals surface area (Å²) in [5.74, 6) is -0.241. The summed E-state index contributed by atoms with van der Waals surface area (Å²) in [5, 5.41) is 5.40. The fraction of sp³-hybridized carbons (Fsp3) is 0.538. The lowest BCUT2D eigenvalue weighted by molar-refractivity contribution is -0.134. The second-order valence-corrected chi connectivity index (χ2v) is 4.92. The van der Waals surface area contributed by atoms with Crippen LogP contribution in [0, 0.1) is 11.8 Å². The van der Waals surface area contributed by atoms with Gasteiger partial charge in [0.25, 0.3) is 5.91 Å². The molecule has 2 amide bonds. The molecule has 0 radical (unpaired) electrons. The van der Waals surface area contributed by atoms with Crippen molar-refractivity contribution < 1.29 is 24.0 Å². The molecule has 1 saturated heterocycles. The maximum Gasteiger partial charge on any atom is 0.253 e. The van der Waals surface area contributed by atoms with E-state index in [4.69, 9.17) is 0 Å². The highest BCUT2D eigenvalue weighted by atomic mass is 16.2. The Bertz CT molecular complexity index is 579. The number of piperidine rings is 1. The largest absolute Gasteiger partial charge is 0.301 e. The third-order valence-electron chi connectivity index (χ3n) is 3.33. The van der Waals surface area contributed by atoms with Gasteiger partial charge in [0.05, 0.1) is 0 Å². The molecule has 1 fully saturated rings. The van der Waals surface area contributed by atoms with Gasteiger partial charge in [-0.05, 0) is 5.92 Å². The molecule has 118 valence electrons. The summed E-state index contributed by atoms with van der Waals surface area (Å²) in [6.45, 7) is 1.54. The van der Waals surface area contributed by atoms with E-state index in [2.05, 4.69) is 10.1 Å². The molecule has 22 heavy (non-hydrogen) atoms. The highest BCUT2D eigenvalue weighted by Gasteiger charge is 2.45. The van der Waals surface area contributed by atoms with Gasteiger partial charge >= 0.3 is 0 Å². The van der Waals surface area contributed by atoms with Crippen LogP contribution in [0.3, 0.4) is 0 Å². The van der Waals surface area contributed by atoms with E-state index in [1.165, 1.54) is 9.91 Å². The number of aliphatic imine (C=N–C) groups is 1. The number of isocyanates is 1. The van der Waals surface area contributed by atoms with Gasteiger partial charge in [-0.1, -0.05) is 6.92 Å². The molecule has 0 aromatic rings. The second kappa shape index (κ2) is 7.37. The normalized spacial score (nSPS) is 23.0. The van der Waals surface area contributed by atoms with Crippen LogP contribution in [0.1, 0.15) is 13.3 Å². The Morgan fingerprint density at radius 3 is 2.64 bits per heavy atom. The molecular weight excluding hydrogens is 292 g/mol. The van der Waals surface area contributed by atoms with Gasteiger partial charge in [-0.3, -0.25) is 19.2 Å². The van der Waals surface area contributed by atoms with Crippen LogP contribution in [0.4, 0.5) is 0 Å². The molecule has 0 spiro atoms. The number of fused-ring (bicyclic) bond motifs is 1. The molecule has 0 N–H and O–H groups in total. The first kappa shape index (κ1) is 17.4. The summed E-state index contributed by atoms with van der Waals surface area (Å²) >= 11 is 0. The lowest BCUT2D eigenvalue weighted by Gasteiger charge is -2.30. The quantitative estimate of drug-likeness (QED) is 0.286. The Balaban J connectivity index is 0.000000261. The van der Waals surface area contributed by atoms with Gasteiger partial charge in [0, 0.05) is 20.5 Å². The lowest BCUT2D eigenvalue weighted by atomic mass is 9.85. The Labute approximate surface area is 126 Å². The molecule has 0 aliphatic carbocycles. The summed E-state index contributed by atoms with van der Waals surface area (Å²) in [4.78, 5) is 56.2. The third kappa shape index (κ3) is 3.70. The first-order valence-electron chi connectivity index (χ1n) is 6.47. The van der Waals surface area contributed by atoms with Crippen LogP contribution in [0.5, 0.6) is 0 Å². The van der Waals surface area contributed by atoms with Crippen molar-refractivity contribution in [1.29, 1.82) is 0 Å². The molecule has 2 atom stereocenters. The average Bonchev–Trinajstić information content (AvgIpc) is 2.79. The Morgan fingerprint density at radius 1 is 1.45 bits per heavy atom. The Morgan fingerprint density at radius 2 is 2.09 bits per heavy atom. The van der Waals surface area contributed by atoms with E-state index in [1.54, 1.807) is 14.1 Å². The third-order valence-corrected chi connectivity index (χ3v) is 3.33. The highest BCUT2D eigenvalue weighted by Crippen LogP contribution is 2.30. The number of hydrogen-bond donors (Lipinski definition) is 0. The van der Waals surface area contributed by atoms with Gasteiger partial charge < -0.3 is 4.90 Å². The van der Waals surface area contributed by atoms with Crippen LogP contribution < -0.4 is 0 Å². The molecule has 2 aliphatic rings. The van der Waals surface area contributed by atoms with Gasteiger partial charge in [0.1, 0.15) is 18.3 Å². The number of carbonyl (C=O) groups is 4. The standard InChI is InChI=1S/C9H13N3O2.C4H3NO3/c1-5-4-6(13)11(2)8-7(5)9(14)12(3)10-8;6-2-4(8)1-5-3-7/h5,7H,4H2,1-3H3;2H,1H2. The van der Waals surface area contributed by atoms with Gasteiger partial charge in [-0.15, -0.1) is 0 Å². The van der Waals surface area contributed by atoms with E-state index in [0.29, 0.717) is 12.3 Å². The number of nitrogens with zero attached hydrogens (tertiary/aromatic N) is 4. The zero-order valence-electron chi connectivity index (χ0n) is 12.5. The molecule has 9 heteroatoms. The number of rotatable bonds is 3. The highest BCUT2D eigenvalue weighted by molar-refractivity contribution is 6.26. The number of amidine groups is 1. The topological polar surface area (TPSA) is 117 Å². The van der Waals surface area contributed by atoms with Crippen molar-refractivity contribution in [3.8, 4) is 0 Å². The van der Waals surface area contributed by atoms with Crippen molar-refractivity contribution in [2.75, 3.05) is 20.6 Å². The molecular formula is C13H16N4O5. The summed E-state index contributed by atoms with van der Waals surface area (Å²) in [6.07, 6.45) is 1.67. The summed E-state index contributed by atoms with van der Waals surface area (Å²) in [5.41, 5.74) is 0. The van der Waals surface area contributed by atoms with Gasteiger partial charge in [-0.25, -0.2) is 9.80 Å². The number of ketones is 1.